The molecule has 1 atom stereocenters. The van der Waals surface area contributed by atoms with Crippen molar-refractivity contribution >= 4 is 11.8 Å². The fraction of sp³-hybridized carbons (Fsp3) is 0.846. The van der Waals surface area contributed by atoms with Crippen molar-refractivity contribution in [1.82, 2.24) is 15.1 Å². The van der Waals surface area contributed by atoms with Crippen molar-refractivity contribution in [3.8, 4) is 0 Å². The van der Waals surface area contributed by atoms with Gasteiger partial charge in [-0.3, -0.25) is 9.59 Å². The zero-order valence-corrected chi connectivity index (χ0v) is 11.9. The number of likely N-dealkylation sites (N-methyl/N-ethyl adjacent to an activating group) is 1. The number of carbonyl (C=O) groups excluding carboxylic acids is 2. The third-order valence-corrected chi connectivity index (χ3v) is 3.59. The zero-order valence-electron chi connectivity index (χ0n) is 11.9. The lowest BCUT2D eigenvalue weighted by atomic mass is 9.99. The molecule has 0 aliphatic carbocycles. The number of nitrogens with zero attached hydrogens (tertiary/aromatic N) is 2. The van der Waals surface area contributed by atoms with Crippen LogP contribution >= 0.6 is 0 Å². The van der Waals surface area contributed by atoms with Crippen molar-refractivity contribution in [1.29, 1.82) is 0 Å². The van der Waals surface area contributed by atoms with E-state index in [9.17, 15) is 9.59 Å². The molecule has 1 rings (SSSR count). The van der Waals surface area contributed by atoms with Crippen molar-refractivity contribution in [3.05, 3.63) is 0 Å². The van der Waals surface area contributed by atoms with Crippen LogP contribution in [0.2, 0.25) is 0 Å². The van der Waals surface area contributed by atoms with Gasteiger partial charge in [-0.1, -0.05) is 13.8 Å². The lowest BCUT2D eigenvalue weighted by molar-refractivity contribution is -0.148. The van der Waals surface area contributed by atoms with Crippen LogP contribution < -0.4 is 5.32 Å². The predicted molar refractivity (Wildman–Crippen MR) is 71.1 cm³/mol. The number of amides is 2. The highest BCUT2D eigenvalue weighted by Gasteiger charge is 2.34. The first-order valence-electron chi connectivity index (χ1n) is 6.75. The van der Waals surface area contributed by atoms with Gasteiger partial charge in [0.15, 0.2) is 0 Å². The Morgan fingerprint density at radius 2 is 1.94 bits per heavy atom. The average Bonchev–Trinajstić information content (AvgIpc) is 2.39. The van der Waals surface area contributed by atoms with E-state index >= 15 is 0 Å². The van der Waals surface area contributed by atoms with Gasteiger partial charge in [0, 0.05) is 39.6 Å². The Labute approximate surface area is 110 Å². The highest BCUT2D eigenvalue weighted by molar-refractivity contribution is 5.88. The molecule has 1 fully saturated rings. The Kier molecular flexibility index (Phi) is 5.59. The second-order valence-electron chi connectivity index (χ2n) is 5.00. The molecule has 0 radical (unpaired) electrons. The van der Waals surface area contributed by atoms with Gasteiger partial charge in [-0.2, -0.15) is 0 Å². The molecule has 0 bridgehead atoms. The SMILES string of the molecule is CCC(CC)C(=O)N1CCNCC1C(=O)N(C)C. The largest absolute Gasteiger partial charge is 0.347 e. The fourth-order valence-corrected chi connectivity index (χ4v) is 2.36. The summed E-state index contributed by atoms with van der Waals surface area (Å²) in [7, 11) is 3.47. The molecule has 2 amide bonds. The van der Waals surface area contributed by atoms with E-state index < -0.39 is 0 Å². The Morgan fingerprint density at radius 3 is 2.44 bits per heavy atom. The van der Waals surface area contributed by atoms with E-state index in [1.807, 2.05) is 13.8 Å². The van der Waals surface area contributed by atoms with Crippen LogP contribution in [0.5, 0.6) is 0 Å². The van der Waals surface area contributed by atoms with Gasteiger partial charge in [-0.05, 0) is 12.8 Å². The maximum atomic E-state index is 12.4. The smallest absolute Gasteiger partial charge is 0.246 e. The number of hydrogen-bond donors (Lipinski definition) is 1. The van der Waals surface area contributed by atoms with E-state index in [0.717, 1.165) is 19.4 Å². The van der Waals surface area contributed by atoms with Crippen LogP contribution in [0, 0.1) is 5.92 Å². The molecule has 1 aliphatic heterocycles. The summed E-state index contributed by atoms with van der Waals surface area (Å²) in [5.41, 5.74) is 0. The Bertz CT molecular complexity index is 301. The number of hydrogen-bond acceptors (Lipinski definition) is 3. The molecule has 1 saturated heterocycles. The van der Waals surface area contributed by atoms with Crippen molar-refractivity contribution in [3.63, 3.8) is 0 Å². The monoisotopic (exact) mass is 255 g/mol. The van der Waals surface area contributed by atoms with Crippen LogP contribution in [0.15, 0.2) is 0 Å². The van der Waals surface area contributed by atoms with Gasteiger partial charge in [-0.15, -0.1) is 0 Å². The number of carbonyl (C=O) groups is 2. The van der Waals surface area contributed by atoms with Crippen LogP contribution in [0.3, 0.4) is 0 Å². The summed E-state index contributed by atoms with van der Waals surface area (Å²) in [6.45, 7) is 6.00. The molecule has 18 heavy (non-hydrogen) atoms. The number of piperazine rings is 1. The first kappa shape index (κ1) is 15.0. The minimum absolute atomic E-state index is 0.00139. The van der Waals surface area contributed by atoms with Crippen LogP contribution in [0.25, 0.3) is 0 Å². The minimum Gasteiger partial charge on any atom is -0.347 e. The zero-order chi connectivity index (χ0) is 13.7. The van der Waals surface area contributed by atoms with E-state index in [-0.39, 0.29) is 23.8 Å². The average molecular weight is 255 g/mol. The van der Waals surface area contributed by atoms with Gasteiger partial charge in [0.2, 0.25) is 11.8 Å². The third-order valence-electron chi connectivity index (χ3n) is 3.59. The molecule has 0 aromatic carbocycles. The van der Waals surface area contributed by atoms with Crippen LogP contribution in [0.1, 0.15) is 26.7 Å². The van der Waals surface area contributed by atoms with Gasteiger partial charge >= 0.3 is 0 Å². The summed E-state index contributed by atoms with van der Waals surface area (Å²) < 4.78 is 0. The normalized spacial score (nSPS) is 20.1. The Morgan fingerprint density at radius 1 is 1.33 bits per heavy atom. The summed E-state index contributed by atoms with van der Waals surface area (Å²) in [5.74, 6) is 0.170. The summed E-state index contributed by atoms with van der Waals surface area (Å²) in [5, 5.41) is 3.19. The van der Waals surface area contributed by atoms with Crippen LogP contribution in [-0.4, -0.2) is 61.4 Å². The molecule has 1 heterocycles. The van der Waals surface area contributed by atoms with Gasteiger partial charge < -0.3 is 15.1 Å². The fourth-order valence-electron chi connectivity index (χ4n) is 2.36. The molecular weight excluding hydrogens is 230 g/mol. The summed E-state index contributed by atoms with van der Waals surface area (Å²) >= 11 is 0. The van der Waals surface area contributed by atoms with Crippen molar-refractivity contribution in [2.75, 3.05) is 33.7 Å². The van der Waals surface area contributed by atoms with E-state index in [4.69, 9.17) is 0 Å². The van der Waals surface area contributed by atoms with E-state index in [1.165, 1.54) is 0 Å². The van der Waals surface area contributed by atoms with E-state index in [0.29, 0.717) is 13.1 Å². The molecule has 5 heteroatoms. The van der Waals surface area contributed by atoms with Crippen molar-refractivity contribution in [2.45, 2.75) is 32.7 Å². The molecule has 0 spiro atoms. The minimum atomic E-state index is -0.346. The standard InChI is InChI=1S/C13H25N3O2/c1-5-10(6-2)12(17)16-8-7-14-9-11(16)13(18)15(3)4/h10-11,14H,5-9H2,1-4H3. The molecule has 104 valence electrons. The maximum Gasteiger partial charge on any atom is 0.246 e. The van der Waals surface area contributed by atoms with Crippen LogP contribution in [0.4, 0.5) is 0 Å². The first-order chi connectivity index (χ1) is 8.52. The molecule has 1 unspecified atom stereocenters. The Balaban J connectivity index is 2.82. The van der Waals surface area contributed by atoms with Gasteiger partial charge in [0.05, 0.1) is 0 Å². The molecule has 0 aromatic rings. The second kappa shape index (κ2) is 6.73. The molecule has 5 nitrogen and oxygen atoms in total. The van der Waals surface area contributed by atoms with Crippen molar-refractivity contribution < 1.29 is 9.59 Å². The molecule has 0 saturated carbocycles. The predicted octanol–water partition coefficient (Wildman–Crippen LogP) is 0.311. The first-order valence-corrected chi connectivity index (χ1v) is 6.75. The topological polar surface area (TPSA) is 52.7 Å². The highest BCUT2D eigenvalue weighted by atomic mass is 16.2. The molecule has 1 N–H and O–H groups in total. The van der Waals surface area contributed by atoms with E-state index in [1.54, 1.807) is 23.9 Å². The summed E-state index contributed by atoms with van der Waals surface area (Å²) in [6, 6.07) is -0.346. The van der Waals surface area contributed by atoms with Crippen molar-refractivity contribution in [2.24, 2.45) is 5.92 Å². The number of rotatable bonds is 4. The molecule has 1 aliphatic rings. The summed E-state index contributed by atoms with van der Waals surface area (Å²) in [6.07, 6.45) is 1.67. The van der Waals surface area contributed by atoms with Gasteiger partial charge in [-0.25, -0.2) is 0 Å². The number of nitrogens with one attached hydrogen (secondary N) is 1. The Hall–Kier alpha value is -1.10. The van der Waals surface area contributed by atoms with Gasteiger partial charge in [0.25, 0.3) is 0 Å². The second-order valence-corrected chi connectivity index (χ2v) is 5.00. The molecular formula is C13H25N3O2. The van der Waals surface area contributed by atoms with Gasteiger partial charge in [0.1, 0.15) is 6.04 Å². The lowest BCUT2D eigenvalue weighted by Crippen LogP contribution is -2.60. The van der Waals surface area contributed by atoms with E-state index in [2.05, 4.69) is 5.32 Å². The summed E-state index contributed by atoms with van der Waals surface area (Å²) in [4.78, 5) is 27.9. The maximum absolute atomic E-state index is 12.4. The quantitative estimate of drug-likeness (QED) is 0.786. The lowest BCUT2D eigenvalue weighted by Gasteiger charge is -2.38. The van der Waals surface area contributed by atoms with Crippen LogP contribution in [-0.2, 0) is 9.59 Å². The molecule has 0 aromatic heterocycles. The highest BCUT2D eigenvalue weighted by Crippen LogP contribution is 2.16. The third kappa shape index (κ3) is 3.22.